The number of fused-ring (bicyclic) bond motifs is 1. The van der Waals surface area contributed by atoms with Gasteiger partial charge in [0.15, 0.2) is 5.92 Å². The van der Waals surface area contributed by atoms with E-state index in [1.54, 1.807) is 18.2 Å². The van der Waals surface area contributed by atoms with Crippen LogP contribution in [0.5, 0.6) is 0 Å². The van der Waals surface area contributed by atoms with Crippen molar-refractivity contribution in [2.45, 2.75) is 12.7 Å². The summed E-state index contributed by atoms with van der Waals surface area (Å²) < 4.78 is 38.6. The molecule has 1 heterocycles. The maximum absolute atomic E-state index is 12.6. The van der Waals surface area contributed by atoms with Gasteiger partial charge in [-0.05, 0) is 17.5 Å². The van der Waals surface area contributed by atoms with Crippen LogP contribution in [0.25, 0.3) is 10.8 Å². The van der Waals surface area contributed by atoms with E-state index >= 15 is 0 Å². The largest absolute Gasteiger partial charge is 0.481 e. The van der Waals surface area contributed by atoms with Gasteiger partial charge < -0.3 is 9.67 Å². The standard InChI is InChI=1S/C13H10F3NO3/c14-13(15,16)10(12(19)20)7-17-6-5-8-3-1-2-4-9(8)11(17)18/h1-6,10H,7H2,(H,19,20). The Morgan fingerprint density at radius 1 is 1.25 bits per heavy atom. The number of carboxylic acid groups (broad SMARTS) is 1. The van der Waals surface area contributed by atoms with E-state index < -0.39 is 30.2 Å². The van der Waals surface area contributed by atoms with E-state index in [9.17, 15) is 22.8 Å². The summed E-state index contributed by atoms with van der Waals surface area (Å²) in [5, 5.41) is 9.48. The van der Waals surface area contributed by atoms with Crippen molar-refractivity contribution in [3.8, 4) is 0 Å². The van der Waals surface area contributed by atoms with Crippen molar-refractivity contribution in [3.05, 3.63) is 46.9 Å². The van der Waals surface area contributed by atoms with Gasteiger partial charge >= 0.3 is 12.1 Å². The average molecular weight is 285 g/mol. The van der Waals surface area contributed by atoms with Gasteiger partial charge in [0.1, 0.15) is 0 Å². The monoisotopic (exact) mass is 285 g/mol. The molecule has 7 heteroatoms. The molecule has 0 radical (unpaired) electrons. The fourth-order valence-corrected chi connectivity index (χ4v) is 1.89. The van der Waals surface area contributed by atoms with Crippen molar-refractivity contribution >= 4 is 16.7 Å². The lowest BCUT2D eigenvalue weighted by molar-refractivity contribution is -0.196. The van der Waals surface area contributed by atoms with E-state index in [2.05, 4.69) is 0 Å². The number of aromatic nitrogens is 1. The molecule has 1 unspecified atom stereocenters. The molecule has 0 spiro atoms. The smallest absolute Gasteiger partial charge is 0.403 e. The van der Waals surface area contributed by atoms with Gasteiger partial charge in [0.25, 0.3) is 5.56 Å². The minimum Gasteiger partial charge on any atom is -0.481 e. The summed E-state index contributed by atoms with van der Waals surface area (Å²) in [6, 6.07) is 7.90. The van der Waals surface area contributed by atoms with Crippen molar-refractivity contribution in [3.63, 3.8) is 0 Å². The van der Waals surface area contributed by atoms with Crippen molar-refractivity contribution in [1.82, 2.24) is 4.57 Å². The summed E-state index contributed by atoms with van der Waals surface area (Å²) in [5.74, 6) is -4.61. The zero-order chi connectivity index (χ0) is 14.9. The molecule has 0 aliphatic heterocycles. The Morgan fingerprint density at radius 2 is 1.90 bits per heavy atom. The molecule has 2 rings (SSSR count). The van der Waals surface area contributed by atoms with Gasteiger partial charge in [-0.1, -0.05) is 18.2 Å². The topological polar surface area (TPSA) is 59.3 Å². The Kier molecular flexibility index (Phi) is 3.52. The summed E-state index contributed by atoms with van der Waals surface area (Å²) in [4.78, 5) is 22.7. The number of aliphatic carboxylic acids is 1. The predicted molar refractivity (Wildman–Crippen MR) is 65.4 cm³/mol. The summed E-state index contributed by atoms with van der Waals surface area (Å²) in [5.41, 5.74) is -0.640. The molecule has 0 fully saturated rings. The van der Waals surface area contributed by atoms with E-state index in [1.165, 1.54) is 18.3 Å². The number of rotatable bonds is 3. The predicted octanol–water partition coefficient (Wildman–Crippen LogP) is 2.26. The molecule has 106 valence electrons. The molecule has 1 atom stereocenters. The van der Waals surface area contributed by atoms with E-state index in [0.29, 0.717) is 5.39 Å². The number of carbonyl (C=O) groups is 1. The van der Waals surface area contributed by atoms with Crippen molar-refractivity contribution in [2.75, 3.05) is 0 Å². The van der Waals surface area contributed by atoms with Crippen LogP contribution in [0.3, 0.4) is 0 Å². The number of hydrogen-bond acceptors (Lipinski definition) is 2. The number of nitrogens with zero attached hydrogens (tertiary/aromatic N) is 1. The van der Waals surface area contributed by atoms with E-state index in [-0.39, 0.29) is 5.39 Å². The van der Waals surface area contributed by atoms with Gasteiger partial charge in [0.05, 0.1) is 0 Å². The first-order valence-electron chi connectivity index (χ1n) is 5.68. The number of hydrogen-bond donors (Lipinski definition) is 1. The quantitative estimate of drug-likeness (QED) is 0.941. The number of pyridine rings is 1. The Hall–Kier alpha value is -2.31. The lowest BCUT2D eigenvalue weighted by atomic mass is 10.1. The molecule has 0 aliphatic rings. The van der Waals surface area contributed by atoms with Crippen LogP contribution in [0.2, 0.25) is 0 Å². The van der Waals surface area contributed by atoms with Crippen LogP contribution in [0.15, 0.2) is 41.3 Å². The highest BCUT2D eigenvalue weighted by atomic mass is 19.4. The number of carboxylic acids is 1. The molecule has 20 heavy (non-hydrogen) atoms. The first-order valence-corrected chi connectivity index (χ1v) is 5.68. The molecular formula is C13H10F3NO3. The SMILES string of the molecule is O=C(O)C(Cn1ccc2ccccc2c1=O)C(F)(F)F. The Labute approximate surface area is 111 Å². The first-order chi connectivity index (χ1) is 9.30. The van der Waals surface area contributed by atoms with Crippen molar-refractivity contribution in [2.24, 2.45) is 5.92 Å². The molecule has 0 aliphatic carbocycles. The van der Waals surface area contributed by atoms with Gasteiger partial charge in [0.2, 0.25) is 0 Å². The summed E-state index contributed by atoms with van der Waals surface area (Å²) in [6.07, 6.45) is -3.73. The van der Waals surface area contributed by atoms with Gasteiger partial charge in [-0.25, -0.2) is 0 Å². The van der Waals surface area contributed by atoms with Gasteiger partial charge in [-0.3, -0.25) is 9.59 Å². The Balaban J connectivity index is 2.46. The van der Waals surface area contributed by atoms with Crippen LogP contribution in [0.1, 0.15) is 0 Å². The third-order valence-electron chi connectivity index (χ3n) is 2.96. The lowest BCUT2D eigenvalue weighted by Gasteiger charge is -2.17. The second-order valence-corrected chi connectivity index (χ2v) is 4.29. The molecule has 1 N–H and O–H groups in total. The van der Waals surface area contributed by atoms with Crippen LogP contribution in [0, 0.1) is 5.92 Å². The molecule has 0 saturated heterocycles. The van der Waals surface area contributed by atoms with E-state index in [0.717, 1.165) is 4.57 Å². The van der Waals surface area contributed by atoms with E-state index in [4.69, 9.17) is 5.11 Å². The van der Waals surface area contributed by atoms with Gasteiger partial charge in [0, 0.05) is 18.1 Å². The zero-order valence-electron chi connectivity index (χ0n) is 10.1. The molecule has 0 amide bonds. The van der Waals surface area contributed by atoms with Crippen LogP contribution in [-0.2, 0) is 11.3 Å². The van der Waals surface area contributed by atoms with Crippen LogP contribution in [0.4, 0.5) is 13.2 Å². The van der Waals surface area contributed by atoms with Gasteiger partial charge in [-0.2, -0.15) is 13.2 Å². The normalized spacial score (nSPS) is 13.3. The minimum atomic E-state index is -4.91. The van der Waals surface area contributed by atoms with Crippen molar-refractivity contribution in [1.29, 1.82) is 0 Å². The maximum Gasteiger partial charge on any atom is 0.403 e. The van der Waals surface area contributed by atoms with Crippen LogP contribution >= 0.6 is 0 Å². The lowest BCUT2D eigenvalue weighted by Crippen LogP contribution is -2.37. The molecule has 0 bridgehead atoms. The maximum atomic E-state index is 12.6. The summed E-state index contributed by atoms with van der Waals surface area (Å²) in [7, 11) is 0. The minimum absolute atomic E-state index is 0.251. The second kappa shape index (κ2) is 4.99. The molecule has 0 saturated carbocycles. The highest BCUT2D eigenvalue weighted by molar-refractivity contribution is 5.81. The first kappa shape index (κ1) is 14.1. The summed E-state index contributed by atoms with van der Waals surface area (Å²) in [6.45, 7) is -0.942. The molecule has 4 nitrogen and oxygen atoms in total. The molecule has 1 aromatic carbocycles. The highest BCUT2D eigenvalue weighted by Crippen LogP contribution is 2.27. The number of benzene rings is 1. The second-order valence-electron chi connectivity index (χ2n) is 4.29. The Bertz CT molecular complexity index is 706. The van der Waals surface area contributed by atoms with Crippen LogP contribution in [-0.4, -0.2) is 21.8 Å². The number of alkyl halides is 3. The van der Waals surface area contributed by atoms with Crippen molar-refractivity contribution < 1.29 is 23.1 Å². The molecular weight excluding hydrogens is 275 g/mol. The zero-order valence-corrected chi connectivity index (χ0v) is 10.1. The van der Waals surface area contributed by atoms with Crippen LogP contribution < -0.4 is 5.56 Å². The average Bonchev–Trinajstić information content (AvgIpc) is 2.36. The Morgan fingerprint density at radius 3 is 2.50 bits per heavy atom. The fourth-order valence-electron chi connectivity index (χ4n) is 1.89. The molecule has 2 aromatic rings. The highest BCUT2D eigenvalue weighted by Gasteiger charge is 2.45. The summed E-state index contributed by atoms with van der Waals surface area (Å²) >= 11 is 0. The number of halogens is 3. The van der Waals surface area contributed by atoms with E-state index in [1.807, 2.05) is 0 Å². The molecule has 1 aromatic heterocycles. The third-order valence-corrected chi connectivity index (χ3v) is 2.96. The fraction of sp³-hybridized carbons (Fsp3) is 0.231. The third kappa shape index (κ3) is 2.66. The van der Waals surface area contributed by atoms with Gasteiger partial charge in [-0.15, -0.1) is 0 Å².